The lowest BCUT2D eigenvalue weighted by Crippen LogP contribution is -2.23. The van der Waals surface area contributed by atoms with Crippen LogP contribution in [0.15, 0.2) is 24.3 Å². The van der Waals surface area contributed by atoms with Gasteiger partial charge in [0.25, 0.3) is 0 Å². The topological polar surface area (TPSA) is 49.7 Å². The quantitative estimate of drug-likeness (QED) is 0.698. The van der Waals surface area contributed by atoms with Crippen molar-refractivity contribution in [3.63, 3.8) is 0 Å². The van der Waals surface area contributed by atoms with Crippen LogP contribution in [0.25, 0.3) is 0 Å². The summed E-state index contributed by atoms with van der Waals surface area (Å²) in [6.45, 7) is 6.12. The molecular formula is C10H15BO3. The molecule has 0 atom stereocenters. The lowest BCUT2D eigenvalue weighted by atomic mass is 9.86. The van der Waals surface area contributed by atoms with E-state index in [1.54, 1.807) is 12.1 Å². The van der Waals surface area contributed by atoms with Crippen molar-refractivity contribution >= 4 is 7.32 Å². The normalized spacial score (nSPS) is 11.2. The molecule has 0 fully saturated rings. The Hall–Kier alpha value is -0.995. The fourth-order valence-corrected chi connectivity index (χ4v) is 1.30. The van der Waals surface area contributed by atoms with Gasteiger partial charge in [-0.05, 0) is 17.0 Å². The van der Waals surface area contributed by atoms with Crippen LogP contribution >= 0.6 is 0 Å². The Bertz CT molecular complexity index is 304. The Balaban J connectivity index is 3.04. The fourth-order valence-electron chi connectivity index (χ4n) is 1.30. The summed E-state index contributed by atoms with van der Waals surface area (Å²) < 4.78 is 4.88. The van der Waals surface area contributed by atoms with Crippen LogP contribution < -0.4 is 4.65 Å². The monoisotopic (exact) mass is 194 g/mol. The predicted octanol–water partition coefficient (Wildman–Crippen LogP) is 1.33. The Labute approximate surface area is 84.5 Å². The lowest BCUT2D eigenvalue weighted by molar-refractivity contribution is 0.285. The van der Waals surface area contributed by atoms with Crippen LogP contribution in [0, 0.1) is 0 Å². The number of hydrogen-bond donors (Lipinski definition) is 2. The van der Waals surface area contributed by atoms with Crippen LogP contribution in [0.1, 0.15) is 26.3 Å². The van der Waals surface area contributed by atoms with E-state index in [2.05, 4.69) is 0 Å². The Morgan fingerprint density at radius 3 is 2.21 bits per heavy atom. The molecular weight excluding hydrogens is 179 g/mol. The highest BCUT2D eigenvalue weighted by molar-refractivity contribution is 6.33. The van der Waals surface area contributed by atoms with E-state index in [1.807, 2.05) is 32.9 Å². The third-order valence-electron chi connectivity index (χ3n) is 1.93. The fraction of sp³-hybridized carbons (Fsp3) is 0.400. The van der Waals surface area contributed by atoms with Crippen molar-refractivity contribution < 1.29 is 14.7 Å². The zero-order chi connectivity index (χ0) is 10.8. The van der Waals surface area contributed by atoms with Gasteiger partial charge in [-0.25, -0.2) is 0 Å². The third-order valence-corrected chi connectivity index (χ3v) is 1.93. The Morgan fingerprint density at radius 1 is 1.14 bits per heavy atom. The second kappa shape index (κ2) is 4.03. The van der Waals surface area contributed by atoms with Gasteiger partial charge in [-0.15, -0.1) is 0 Å². The number of hydrogen-bond acceptors (Lipinski definition) is 3. The van der Waals surface area contributed by atoms with Crippen LogP contribution in [-0.4, -0.2) is 17.4 Å². The van der Waals surface area contributed by atoms with Crippen LogP contribution in [0.3, 0.4) is 0 Å². The molecule has 0 aliphatic heterocycles. The molecule has 0 heterocycles. The molecule has 0 radical (unpaired) electrons. The molecule has 0 unspecified atom stereocenters. The molecule has 0 amide bonds. The molecule has 1 aromatic carbocycles. The van der Waals surface area contributed by atoms with Crippen molar-refractivity contribution in [1.29, 1.82) is 0 Å². The maximum atomic E-state index is 8.73. The van der Waals surface area contributed by atoms with E-state index in [0.29, 0.717) is 5.75 Å². The van der Waals surface area contributed by atoms with Gasteiger partial charge in [-0.1, -0.05) is 39.0 Å². The molecule has 1 rings (SSSR count). The summed E-state index contributed by atoms with van der Waals surface area (Å²) in [6, 6.07) is 7.34. The van der Waals surface area contributed by atoms with Gasteiger partial charge in [0.15, 0.2) is 0 Å². The van der Waals surface area contributed by atoms with Crippen LogP contribution in [0.4, 0.5) is 0 Å². The Morgan fingerprint density at radius 2 is 1.71 bits per heavy atom. The summed E-state index contributed by atoms with van der Waals surface area (Å²) in [5, 5.41) is 17.5. The van der Waals surface area contributed by atoms with E-state index in [-0.39, 0.29) is 5.41 Å². The lowest BCUT2D eigenvalue weighted by Gasteiger charge is -2.22. The number of para-hydroxylation sites is 1. The first-order valence-electron chi connectivity index (χ1n) is 4.53. The van der Waals surface area contributed by atoms with Crippen molar-refractivity contribution in [2.24, 2.45) is 0 Å². The van der Waals surface area contributed by atoms with Crippen LogP contribution in [0.2, 0.25) is 0 Å². The highest BCUT2D eigenvalue weighted by Gasteiger charge is 2.21. The summed E-state index contributed by atoms with van der Waals surface area (Å²) >= 11 is 0. The van der Waals surface area contributed by atoms with Gasteiger partial charge in [0.05, 0.1) is 0 Å². The van der Waals surface area contributed by atoms with E-state index < -0.39 is 7.32 Å². The summed E-state index contributed by atoms with van der Waals surface area (Å²) in [4.78, 5) is 0. The second-order valence-corrected chi connectivity index (χ2v) is 4.19. The molecule has 0 saturated heterocycles. The van der Waals surface area contributed by atoms with E-state index in [9.17, 15) is 0 Å². The highest BCUT2D eigenvalue weighted by Crippen LogP contribution is 2.30. The maximum absolute atomic E-state index is 8.73. The van der Waals surface area contributed by atoms with Crippen molar-refractivity contribution in [1.82, 2.24) is 0 Å². The first-order chi connectivity index (χ1) is 6.41. The van der Waals surface area contributed by atoms with E-state index in [0.717, 1.165) is 5.56 Å². The smallest absolute Gasteiger partial charge is 0.512 e. The zero-order valence-electron chi connectivity index (χ0n) is 8.69. The van der Waals surface area contributed by atoms with Gasteiger partial charge in [0.1, 0.15) is 5.75 Å². The molecule has 0 aromatic heterocycles. The molecule has 3 nitrogen and oxygen atoms in total. The van der Waals surface area contributed by atoms with Crippen molar-refractivity contribution in [2.45, 2.75) is 26.2 Å². The summed E-state index contributed by atoms with van der Waals surface area (Å²) in [5.74, 6) is 0.509. The molecule has 14 heavy (non-hydrogen) atoms. The Kier molecular flexibility index (Phi) is 3.19. The summed E-state index contributed by atoms with van der Waals surface area (Å²) in [6.07, 6.45) is 0. The molecule has 0 saturated carbocycles. The van der Waals surface area contributed by atoms with Gasteiger partial charge in [0, 0.05) is 0 Å². The van der Waals surface area contributed by atoms with Crippen molar-refractivity contribution in [3.05, 3.63) is 29.8 Å². The maximum Gasteiger partial charge on any atom is 0.707 e. The van der Waals surface area contributed by atoms with Gasteiger partial charge in [-0.3, -0.25) is 0 Å². The predicted molar refractivity (Wildman–Crippen MR) is 56.0 cm³/mol. The van der Waals surface area contributed by atoms with E-state index >= 15 is 0 Å². The minimum absolute atomic E-state index is 0.0779. The minimum Gasteiger partial charge on any atom is -0.512 e. The van der Waals surface area contributed by atoms with Gasteiger partial charge in [0.2, 0.25) is 0 Å². The second-order valence-electron chi connectivity index (χ2n) is 4.19. The highest BCUT2D eigenvalue weighted by atomic mass is 16.6. The van der Waals surface area contributed by atoms with Crippen LogP contribution in [0.5, 0.6) is 5.75 Å². The molecule has 1 aromatic rings. The van der Waals surface area contributed by atoms with Gasteiger partial charge < -0.3 is 14.7 Å². The first-order valence-corrected chi connectivity index (χ1v) is 4.53. The van der Waals surface area contributed by atoms with Crippen molar-refractivity contribution in [3.8, 4) is 5.75 Å². The SMILES string of the molecule is CC(C)(C)c1ccccc1OB(O)O. The first kappa shape index (κ1) is 11.1. The van der Waals surface area contributed by atoms with Gasteiger partial charge >= 0.3 is 7.32 Å². The standard InChI is InChI=1S/C10H15BO3/c1-10(2,3)8-6-4-5-7-9(8)14-11(12)13/h4-7,12-13H,1-3H3. The molecule has 2 N–H and O–H groups in total. The summed E-state index contributed by atoms with van der Waals surface area (Å²) in [5.41, 5.74) is 0.874. The van der Waals surface area contributed by atoms with Crippen LogP contribution in [-0.2, 0) is 5.41 Å². The number of benzene rings is 1. The average molecular weight is 194 g/mol. The number of rotatable bonds is 2. The van der Waals surface area contributed by atoms with Crippen molar-refractivity contribution in [2.75, 3.05) is 0 Å². The molecule has 0 aliphatic rings. The molecule has 76 valence electrons. The molecule has 4 heteroatoms. The largest absolute Gasteiger partial charge is 0.707 e. The van der Waals surface area contributed by atoms with Gasteiger partial charge in [-0.2, -0.15) is 0 Å². The van der Waals surface area contributed by atoms with E-state index in [1.165, 1.54) is 0 Å². The summed E-state index contributed by atoms with van der Waals surface area (Å²) in [7, 11) is -1.77. The molecule has 0 spiro atoms. The van der Waals surface area contributed by atoms with E-state index in [4.69, 9.17) is 14.7 Å². The molecule has 0 aliphatic carbocycles. The third kappa shape index (κ3) is 2.75. The average Bonchev–Trinajstić information content (AvgIpc) is 2.01. The zero-order valence-corrected chi connectivity index (χ0v) is 8.69. The minimum atomic E-state index is -1.77. The molecule has 0 bridgehead atoms.